The predicted octanol–water partition coefficient (Wildman–Crippen LogP) is 2.99. The number of Topliss-reactive ketones (excluding diaryl/α,β-unsaturated/α-hetero) is 1. The average Bonchev–Trinajstić information content (AvgIpc) is 2.68. The SMILES string of the molecule is CC(=O)c1ccc(N2CCN(C[C@H]3COc4ccccc4O3)CC2)c(F)c1. The summed E-state index contributed by atoms with van der Waals surface area (Å²) in [5, 5.41) is 0. The van der Waals surface area contributed by atoms with Gasteiger partial charge in [-0.3, -0.25) is 9.69 Å². The zero-order valence-electron chi connectivity index (χ0n) is 15.4. The molecule has 0 bridgehead atoms. The van der Waals surface area contributed by atoms with Crippen LogP contribution in [0, 0.1) is 5.82 Å². The molecule has 0 saturated carbocycles. The molecule has 2 heterocycles. The van der Waals surface area contributed by atoms with Crippen molar-refractivity contribution in [2.75, 3.05) is 44.2 Å². The van der Waals surface area contributed by atoms with E-state index in [0.717, 1.165) is 44.2 Å². The second kappa shape index (κ2) is 7.56. The summed E-state index contributed by atoms with van der Waals surface area (Å²) >= 11 is 0. The molecule has 2 aromatic rings. The zero-order chi connectivity index (χ0) is 18.8. The fourth-order valence-corrected chi connectivity index (χ4v) is 3.59. The van der Waals surface area contributed by atoms with Crippen LogP contribution < -0.4 is 14.4 Å². The fourth-order valence-electron chi connectivity index (χ4n) is 3.59. The maximum Gasteiger partial charge on any atom is 0.161 e. The number of carbonyl (C=O) groups is 1. The number of benzene rings is 2. The molecule has 1 atom stereocenters. The Morgan fingerprint density at radius 2 is 1.85 bits per heavy atom. The van der Waals surface area contributed by atoms with Crippen LogP contribution in [0.1, 0.15) is 17.3 Å². The minimum atomic E-state index is -0.336. The van der Waals surface area contributed by atoms with Crippen molar-refractivity contribution < 1.29 is 18.7 Å². The first kappa shape index (κ1) is 17.8. The van der Waals surface area contributed by atoms with Crippen molar-refractivity contribution >= 4 is 11.5 Å². The highest BCUT2D eigenvalue weighted by atomic mass is 19.1. The van der Waals surface area contributed by atoms with E-state index >= 15 is 0 Å². The van der Waals surface area contributed by atoms with E-state index in [1.54, 1.807) is 12.1 Å². The van der Waals surface area contributed by atoms with Gasteiger partial charge in [-0.25, -0.2) is 4.39 Å². The van der Waals surface area contributed by atoms with Gasteiger partial charge < -0.3 is 14.4 Å². The molecule has 142 valence electrons. The molecular formula is C21H23FN2O3. The van der Waals surface area contributed by atoms with Crippen LogP contribution in [0.5, 0.6) is 11.5 Å². The van der Waals surface area contributed by atoms with Crippen LogP contribution in [0.2, 0.25) is 0 Å². The second-order valence-electron chi connectivity index (χ2n) is 7.01. The quantitative estimate of drug-likeness (QED) is 0.774. The third-order valence-electron chi connectivity index (χ3n) is 5.10. The van der Waals surface area contributed by atoms with Gasteiger partial charge in [0.05, 0.1) is 5.69 Å². The number of rotatable bonds is 4. The summed E-state index contributed by atoms with van der Waals surface area (Å²) in [6, 6.07) is 12.4. The molecule has 6 heteroatoms. The molecule has 2 aliphatic rings. The molecule has 0 N–H and O–H groups in total. The largest absolute Gasteiger partial charge is 0.486 e. The van der Waals surface area contributed by atoms with Crippen molar-refractivity contribution in [3.05, 3.63) is 53.8 Å². The molecule has 0 aliphatic carbocycles. The number of carbonyl (C=O) groups excluding carboxylic acids is 1. The number of para-hydroxylation sites is 2. The monoisotopic (exact) mass is 370 g/mol. The lowest BCUT2D eigenvalue weighted by atomic mass is 10.1. The molecule has 5 nitrogen and oxygen atoms in total. The molecule has 0 spiro atoms. The average molecular weight is 370 g/mol. The molecule has 0 unspecified atom stereocenters. The van der Waals surface area contributed by atoms with Crippen LogP contribution in [-0.2, 0) is 0 Å². The summed E-state index contributed by atoms with van der Waals surface area (Å²) in [4.78, 5) is 15.7. The Hall–Kier alpha value is -2.60. The number of fused-ring (bicyclic) bond motifs is 1. The lowest BCUT2D eigenvalue weighted by Gasteiger charge is -2.38. The smallest absolute Gasteiger partial charge is 0.161 e. The highest BCUT2D eigenvalue weighted by molar-refractivity contribution is 5.94. The van der Waals surface area contributed by atoms with E-state index in [9.17, 15) is 9.18 Å². The van der Waals surface area contributed by atoms with Crippen LogP contribution in [0.25, 0.3) is 0 Å². The number of anilines is 1. The number of ketones is 1. The van der Waals surface area contributed by atoms with Crippen LogP contribution in [0.3, 0.4) is 0 Å². The van der Waals surface area contributed by atoms with Gasteiger partial charge in [-0.15, -0.1) is 0 Å². The van der Waals surface area contributed by atoms with E-state index in [2.05, 4.69) is 4.90 Å². The first-order valence-electron chi connectivity index (χ1n) is 9.26. The van der Waals surface area contributed by atoms with Crippen molar-refractivity contribution in [1.29, 1.82) is 0 Å². The van der Waals surface area contributed by atoms with E-state index in [1.165, 1.54) is 13.0 Å². The molecule has 0 amide bonds. The normalized spacial score (nSPS) is 19.8. The summed E-state index contributed by atoms with van der Waals surface area (Å²) in [6.07, 6.45) is -0.00182. The van der Waals surface area contributed by atoms with Crippen LogP contribution >= 0.6 is 0 Å². The molecule has 0 aromatic heterocycles. The van der Waals surface area contributed by atoms with E-state index in [4.69, 9.17) is 9.47 Å². The Morgan fingerprint density at radius 3 is 2.56 bits per heavy atom. The third kappa shape index (κ3) is 3.90. The summed E-state index contributed by atoms with van der Waals surface area (Å²) in [7, 11) is 0. The Kier molecular flexibility index (Phi) is 4.99. The standard InChI is InChI=1S/C21H23FN2O3/c1-15(25)16-6-7-19(18(22)12-16)24-10-8-23(9-11-24)13-17-14-26-20-4-2-3-5-21(20)27-17/h2-7,12,17H,8-11,13-14H2,1H3/t17-/m0/s1. The zero-order valence-corrected chi connectivity index (χ0v) is 15.4. The lowest BCUT2D eigenvalue weighted by Crippen LogP contribution is -2.50. The van der Waals surface area contributed by atoms with E-state index in [1.807, 2.05) is 29.2 Å². The molecule has 2 aliphatic heterocycles. The highest BCUT2D eigenvalue weighted by Gasteiger charge is 2.26. The van der Waals surface area contributed by atoms with Gasteiger partial charge in [0.15, 0.2) is 17.3 Å². The van der Waals surface area contributed by atoms with Gasteiger partial charge in [0.25, 0.3) is 0 Å². The molecular weight excluding hydrogens is 347 g/mol. The molecule has 4 rings (SSSR count). The number of ether oxygens (including phenoxy) is 2. The minimum Gasteiger partial charge on any atom is -0.486 e. The van der Waals surface area contributed by atoms with Crippen LogP contribution in [0.4, 0.5) is 10.1 Å². The molecule has 2 aromatic carbocycles. The number of halogens is 1. The Labute approximate surface area is 158 Å². The molecule has 1 fully saturated rings. The Morgan fingerprint density at radius 1 is 1.11 bits per heavy atom. The summed E-state index contributed by atoms with van der Waals surface area (Å²) < 4.78 is 26.2. The number of nitrogens with zero attached hydrogens (tertiary/aromatic N) is 2. The van der Waals surface area contributed by atoms with Gasteiger partial charge in [-0.05, 0) is 37.3 Å². The third-order valence-corrected chi connectivity index (χ3v) is 5.10. The minimum absolute atomic E-state index is 0.00182. The van der Waals surface area contributed by atoms with Gasteiger partial charge in [0, 0.05) is 38.3 Å². The van der Waals surface area contributed by atoms with Gasteiger partial charge in [-0.1, -0.05) is 12.1 Å². The number of piperazine rings is 1. The van der Waals surface area contributed by atoms with Gasteiger partial charge in [-0.2, -0.15) is 0 Å². The van der Waals surface area contributed by atoms with Crippen LogP contribution in [-0.4, -0.2) is 56.1 Å². The first-order valence-corrected chi connectivity index (χ1v) is 9.26. The molecule has 1 saturated heterocycles. The number of hydrogen-bond donors (Lipinski definition) is 0. The van der Waals surface area contributed by atoms with Gasteiger partial charge in [0.1, 0.15) is 18.5 Å². The Balaban J connectivity index is 1.33. The lowest BCUT2D eigenvalue weighted by molar-refractivity contribution is 0.0571. The summed E-state index contributed by atoms with van der Waals surface area (Å²) in [6.45, 7) is 5.90. The highest BCUT2D eigenvalue weighted by Crippen LogP contribution is 2.31. The maximum absolute atomic E-state index is 14.4. The van der Waals surface area contributed by atoms with E-state index in [-0.39, 0.29) is 17.7 Å². The summed E-state index contributed by atoms with van der Waals surface area (Å²) in [5.41, 5.74) is 0.968. The summed E-state index contributed by atoms with van der Waals surface area (Å²) in [5.74, 6) is 1.13. The molecule has 27 heavy (non-hydrogen) atoms. The second-order valence-corrected chi connectivity index (χ2v) is 7.01. The van der Waals surface area contributed by atoms with Crippen molar-refractivity contribution in [1.82, 2.24) is 4.90 Å². The van der Waals surface area contributed by atoms with Crippen molar-refractivity contribution in [2.45, 2.75) is 13.0 Å². The predicted molar refractivity (Wildman–Crippen MR) is 101 cm³/mol. The van der Waals surface area contributed by atoms with Crippen LogP contribution in [0.15, 0.2) is 42.5 Å². The van der Waals surface area contributed by atoms with Crippen molar-refractivity contribution in [3.8, 4) is 11.5 Å². The van der Waals surface area contributed by atoms with Crippen molar-refractivity contribution in [3.63, 3.8) is 0 Å². The van der Waals surface area contributed by atoms with E-state index < -0.39 is 0 Å². The van der Waals surface area contributed by atoms with Gasteiger partial charge >= 0.3 is 0 Å². The van der Waals surface area contributed by atoms with E-state index in [0.29, 0.717) is 17.9 Å². The number of hydrogen-bond acceptors (Lipinski definition) is 5. The first-order chi connectivity index (χ1) is 13.1. The maximum atomic E-state index is 14.4. The fraction of sp³-hybridized carbons (Fsp3) is 0.381. The topological polar surface area (TPSA) is 42.0 Å². The molecule has 0 radical (unpaired) electrons. The Bertz CT molecular complexity index is 834. The van der Waals surface area contributed by atoms with Crippen molar-refractivity contribution in [2.24, 2.45) is 0 Å². The van der Waals surface area contributed by atoms with Gasteiger partial charge in [0.2, 0.25) is 0 Å².